The Morgan fingerprint density at radius 3 is 1.69 bits per heavy atom. The van der Waals surface area contributed by atoms with Crippen LogP contribution in [0.25, 0.3) is 33.4 Å². The molecule has 4 saturated carbocycles. The standard InChI is InChI=1S/C47H39N/c1-3-10-32(11-4-1)34-18-22-38(23-19-34)48(39-24-20-35(21-25-39)33-12-5-2-6-13-33)43-17-9-16-42-45(43)40-14-7-8-15-41(40)47(42)37-27-31-26-36-28-44(47)46(36,29-31)30-37/h1-25,31,36-37,44H,26-30H2. The largest absolute Gasteiger partial charge is 0.310 e. The van der Waals surface area contributed by atoms with Gasteiger partial charge in [-0.1, -0.05) is 121 Å². The summed E-state index contributed by atoms with van der Waals surface area (Å²) >= 11 is 0. The fourth-order valence-electron chi connectivity index (χ4n) is 12.0. The Bertz CT molecular complexity index is 2100. The Hall–Kier alpha value is -4.88. The lowest BCUT2D eigenvalue weighted by molar-refractivity contribution is -0.0193. The molecule has 0 N–H and O–H groups in total. The highest BCUT2D eigenvalue weighted by molar-refractivity contribution is 5.96. The fourth-order valence-corrected chi connectivity index (χ4v) is 12.0. The topological polar surface area (TPSA) is 3.24 Å². The van der Waals surface area contributed by atoms with Gasteiger partial charge < -0.3 is 4.90 Å². The van der Waals surface area contributed by atoms with Crippen LogP contribution in [0.4, 0.5) is 17.1 Å². The first-order valence-electron chi connectivity index (χ1n) is 18.1. The molecule has 4 fully saturated rings. The van der Waals surface area contributed by atoms with E-state index in [0.29, 0.717) is 5.41 Å². The summed E-state index contributed by atoms with van der Waals surface area (Å²) in [6.45, 7) is 0. The molecule has 1 nitrogen and oxygen atoms in total. The van der Waals surface area contributed by atoms with Crippen LogP contribution in [0.2, 0.25) is 0 Å². The zero-order valence-electron chi connectivity index (χ0n) is 27.2. The molecule has 5 aliphatic carbocycles. The number of anilines is 3. The maximum Gasteiger partial charge on any atom is 0.0543 e. The highest BCUT2D eigenvalue weighted by atomic mass is 15.1. The van der Waals surface area contributed by atoms with Gasteiger partial charge in [-0.15, -0.1) is 0 Å². The predicted molar refractivity (Wildman–Crippen MR) is 198 cm³/mol. The Morgan fingerprint density at radius 1 is 0.458 bits per heavy atom. The third kappa shape index (κ3) is 3.47. The molecular formula is C47H39N. The number of nitrogens with zero attached hydrogens (tertiary/aromatic N) is 1. The number of benzene rings is 6. The number of fused-ring (bicyclic) bond motifs is 9. The summed E-state index contributed by atoms with van der Waals surface area (Å²) in [6.07, 6.45) is 7.28. The summed E-state index contributed by atoms with van der Waals surface area (Å²) in [5.74, 6) is 3.46. The van der Waals surface area contributed by atoms with Gasteiger partial charge in [0.15, 0.2) is 0 Å². The molecule has 2 spiro atoms. The second-order valence-electron chi connectivity index (χ2n) is 15.4. The molecule has 0 aromatic heterocycles. The van der Waals surface area contributed by atoms with Crippen molar-refractivity contribution in [2.45, 2.75) is 37.5 Å². The monoisotopic (exact) mass is 617 g/mol. The maximum atomic E-state index is 2.53. The molecular weight excluding hydrogens is 579 g/mol. The van der Waals surface area contributed by atoms with Crippen molar-refractivity contribution in [3.63, 3.8) is 0 Å². The lowest BCUT2D eigenvalue weighted by atomic mass is 9.49. The molecule has 48 heavy (non-hydrogen) atoms. The van der Waals surface area contributed by atoms with E-state index in [9.17, 15) is 0 Å². The van der Waals surface area contributed by atoms with E-state index in [1.165, 1.54) is 82.5 Å². The molecule has 11 rings (SSSR count). The molecule has 0 heterocycles. The zero-order valence-corrected chi connectivity index (χ0v) is 27.2. The van der Waals surface area contributed by atoms with Crippen molar-refractivity contribution >= 4 is 17.1 Å². The van der Waals surface area contributed by atoms with Crippen LogP contribution in [-0.2, 0) is 5.41 Å². The minimum atomic E-state index is 0.160. The van der Waals surface area contributed by atoms with E-state index in [2.05, 4.69) is 157 Å². The Balaban J connectivity index is 1.11. The second-order valence-corrected chi connectivity index (χ2v) is 15.4. The van der Waals surface area contributed by atoms with Gasteiger partial charge in [0.2, 0.25) is 0 Å². The third-order valence-electron chi connectivity index (χ3n) is 13.6. The molecule has 5 aliphatic rings. The molecule has 0 radical (unpaired) electrons. The van der Waals surface area contributed by atoms with E-state index >= 15 is 0 Å². The minimum absolute atomic E-state index is 0.160. The Morgan fingerprint density at radius 2 is 1.02 bits per heavy atom. The lowest BCUT2D eigenvalue weighted by Gasteiger charge is -2.54. The van der Waals surface area contributed by atoms with Crippen molar-refractivity contribution in [1.29, 1.82) is 0 Å². The van der Waals surface area contributed by atoms with Crippen molar-refractivity contribution in [3.05, 3.63) is 163 Å². The maximum absolute atomic E-state index is 2.53. The van der Waals surface area contributed by atoms with Crippen LogP contribution in [-0.4, -0.2) is 0 Å². The molecule has 6 unspecified atom stereocenters. The van der Waals surface area contributed by atoms with Gasteiger partial charge in [0.05, 0.1) is 5.69 Å². The van der Waals surface area contributed by atoms with Crippen LogP contribution in [0.1, 0.15) is 43.2 Å². The van der Waals surface area contributed by atoms with Gasteiger partial charge in [-0.3, -0.25) is 0 Å². The first-order valence-corrected chi connectivity index (χ1v) is 18.1. The van der Waals surface area contributed by atoms with Crippen molar-refractivity contribution in [3.8, 4) is 33.4 Å². The van der Waals surface area contributed by atoms with E-state index in [-0.39, 0.29) is 5.41 Å². The smallest absolute Gasteiger partial charge is 0.0543 e. The van der Waals surface area contributed by atoms with Crippen LogP contribution < -0.4 is 4.90 Å². The van der Waals surface area contributed by atoms with Crippen molar-refractivity contribution in [2.75, 3.05) is 4.90 Å². The first kappa shape index (κ1) is 27.1. The molecule has 0 saturated heterocycles. The van der Waals surface area contributed by atoms with Crippen molar-refractivity contribution in [2.24, 2.45) is 29.1 Å². The summed E-state index contributed by atoms with van der Waals surface area (Å²) in [6, 6.07) is 56.8. The van der Waals surface area contributed by atoms with Gasteiger partial charge in [-0.25, -0.2) is 0 Å². The van der Waals surface area contributed by atoms with E-state index in [0.717, 1.165) is 23.7 Å². The number of hydrogen-bond acceptors (Lipinski definition) is 1. The SMILES string of the molecule is c1ccc(-c2ccc(N(c3ccc(-c4ccccc4)cc3)c3cccc4c3-c3ccccc3C43C4CC5CC6CC3C6(C5)C4)cc2)cc1. The zero-order chi connectivity index (χ0) is 31.5. The summed E-state index contributed by atoms with van der Waals surface area (Å²) in [7, 11) is 0. The van der Waals surface area contributed by atoms with Gasteiger partial charge in [-0.2, -0.15) is 0 Å². The van der Waals surface area contributed by atoms with E-state index in [1.54, 1.807) is 11.1 Å². The number of rotatable bonds is 5. The van der Waals surface area contributed by atoms with E-state index in [1.807, 2.05) is 0 Å². The van der Waals surface area contributed by atoms with Gasteiger partial charge in [0, 0.05) is 22.4 Å². The van der Waals surface area contributed by atoms with Crippen molar-refractivity contribution in [1.82, 2.24) is 0 Å². The molecule has 1 heteroatoms. The molecule has 6 aromatic rings. The lowest BCUT2D eigenvalue weighted by Crippen LogP contribution is -2.50. The molecule has 0 aliphatic heterocycles. The second kappa shape index (κ2) is 9.83. The normalized spacial score (nSPS) is 28.2. The van der Waals surface area contributed by atoms with Gasteiger partial charge in [0.25, 0.3) is 0 Å². The van der Waals surface area contributed by atoms with Gasteiger partial charge in [0.1, 0.15) is 0 Å². The quantitative estimate of drug-likeness (QED) is 0.186. The predicted octanol–water partition coefficient (Wildman–Crippen LogP) is 12.2. The van der Waals surface area contributed by atoms with Gasteiger partial charge in [-0.05, 0) is 130 Å². The fraction of sp³-hybridized carbons (Fsp3) is 0.234. The summed E-state index contributed by atoms with van der Waals surface area (Å²) in [4.78, 5) is 2.53. The molecule has 0 amide bonds. The number of hydrogen-bond donors (Lipinski definition) is 0. The summed E-state index contributed by atoms with van der Waals surface area (Å²) in [5, 5.41) is 0. The molecule has 6 aromatic carbocycles. The molecule has 232 valence electrons. The minimum Gasteiger partial charge on any atom is -0.310 e. The highest BCUT2D eigenvalue weighted by Gasteiger charge is 2.76. The average Bonchev–Trinajstić information content (AvgIpc) is 3.61. The van der Waals surface area contributed by atoms with Crippen molar-refractivity contribution < 1.29 is 0 Å². The van der Waals surface area contributed by atoms with Crippen LogP contribution in [0.15, 0.2) is 152 Å². The third-order valence-corrected chi connectivity index (χ3v) is 13.6. The summed E-state index contributed by atoms with van der Waals surface area (Å²) < 4.78 is 0. The van der Waals surface area contributed by atoms with Crippen LogP contribution in [0.5, 0.6) is 0 Å². The van der Waals surface area contributed by atoms with Gasteiger partial charge >= 0.3 is 0 Å². The Labute approximate surface area is 283 Å². The van der Waals surface area contributed by atoms with Crippen LogP contribution >= 0.6 is 0 Å². The highest BCUT2D eigenvalue weighted by Crippen LogP contribution is 2.83. The molecule has 3 bridgehead atoms. The van der Waals surface area contributed by atoms with E-state index < -0.39 is 0 Å². The average molecular weight is 618 g/mol. The van der Waals surface area contributed by atoms with Crippen LogP contribution in [0.3, 0.4) is 0 Å². The van der Waals surface area contributed by atoms with E-state index in [4.69, 9.17) is 0 Å². The van der Waals surface area contributed by atoms with Crippen LogP contribution in [0, 0.1) is 29.1 Å². The first-order chi connectivity index (χ1) is 23.7. The summed E-state index contributed by atoms with van der Waals surface area (Å²) in [5.41, 5.74) is 15.6. The Kier molecular flexibility index (Phi) is 5.55. The molecule has 6 atom stereocenters.